The van der Waals surface area contributed by atoms with Gasteiger partial charge in [0.1, 0.15) is 11.2 Å². The van der Waals surface area contributed by atoms with Gasteiger partial charge in [-0.2, -0.15) is 11.8 Å². The highest BCUT2D eigenvalue weighted by Gasteiger charge is 2.26. The Labute approximate surface area is 133 Å². The first-order valence-electron chi connectivity index (χ1n) is 7.92. The molecule has 0 spiro atoms. The zero-order chi connectivity index (χ0) is 15.1. The Morgan fingerprint density at radius 1 is 1.45 bits per heavy atom. The molecule has 0 amide bonds. The molecule has 1 atom stereocenters. The van der Waals surface area contributed by atoms with Crippen molar-refractivity contribution in [1.82, 2.24) is 4.98 Å². The van der Waals surface area contributed by atoms with E-state index in [1.54, 1.807) is 11.8 Å². The standard InChI is InChI=1S/C18H19NO2S/c1-22-9-8-14-18(20)21-15-10-12-6-2-4-11-5-3-7-13(16(11)12)17(15)19-14/h3,5,10-11H,2,4,6-9H2,1H3/t11-/m1/s1. The van der Waals surface area contributed by atoms with E-state index in [0.29, 0.717) is 23.6 Å². The molecule has 1 heterocycles. The van der Waals surface area contributed by atoms with Crippen molar-refractivity contribution >= 4 is 22.9 Å². The van der Waals surface area contributed by atoms with E-state index in [1.807, 2.05) is 6.26 Å². The van der Waals surface area contributed by atoms with Crippen LogP contribution in [0, 0.1) is 0 Å². The van der Waals surface area contributed by atoms with Crippen molar-refractivity contribution < 1.29 is 4.42 Å². The number of thioether (sulfide) groups is 1. The molecule has 0 saturated heterocycles. The van der Waals surface area contributed by atoms with E-state index < -0.39 is 0 Å². The zero-order valence-electron chi connectivity index (χ0n) is 12.7. The van der Waals surface area contributed by atoms with Crippen LogP contribution in [0.2, 0.25) is 0 Å². The SMILES string of the molecule is CSCCc1nc2c3c4c(cc2oc1=O)CCC[C@@H]4C=CC3. The number of allylic oxidation sites excluding steroid dienone is 2. The van der Waals surface area contributed by atoms with Crippen LogP contribution in [0.15, 0.2) is 27.4 Å². The van der Waals surface area contributed by atoms with Crippen LogP contribution in [0.5, 0.6) is 0 Å². The molecule has 22 heavy (non-hydrogen) atoms. The van der Waals surface area contributed by atoms with Crippen LogP contribution in [0.25, 0.3) is 11.1 Å². The van der Waals surface area contributed by atoms with Crippen LogP contribution in [-0.4, -0.2) is 17.0 Å². The van der Waals surface area contributed by atoms with Crippen molar-refractivity contribution in [2.24, 2.45) is 0 Å². The third-order valence-electron chi connectivity index (χ3n) is 4.75. The molecule has 0 bridgehead atoms. The lowest BCUT2D eigenvalue weighted by Gasteiger charge is -2.29. The molecule has 0 aliphatic heterocycles. The van der Waals surface area contributed by atoms with Gasteiger partial charge in [0.2, 0.25) is 0 Å². The maximum atomic E-state index is 12.1. The summed E-state index contributed by atoms with van der Waals surface area (Å²) in [5.74, 6) is 1.42. The van der Waals surface area contributed by atoms with Crippen LogP contribution >= 0.6 is 11.8 Å². The molecule has 2 aliphatic rings. The number of hydrogen-bond donors (Lipinski definition) is 0. The molecule has 3 nitrogen and oxygen atoms in total. The molecule has 0 unspecified atom stereocenters. The molecular weight excluding hydrogens is 294 g/mol. The van der Waals surface area contributed by atoms with E-state index in [9.17, 15) is 4.79 Å². The van der Waals surface area contributed by atoms with E-state index >= 15 is 0 Å². The van der Waals surface area contributed by atoms with Gasteiger partial charge >= 0.3 is 5.63 Å². The Balaban J connectivity index is 1.95. The highest BCUT2D eigenvalue weighted by molar-refractivity contribution is 7.98. The van der Waals surface area contributed by atoms with Crippen LogP contribution in [0.4, 0.5) is 0 Å². The summed E-state index contributed by atoms with van der Waals surface area (Å²) >= 11 is 1.72. The summed E-state index contributed by atoms with van der Waals surface area (Å²) in [6.07, 6.45) is 11.7. The first-order chi connectivity index (χ1) is 10.8. The maximum absolute atomic E-state index is 12.1. The molecule has 2 aromatic rings. The maximum Gasteiger partial charge on any atom is 0.358 e. The fourth-order valence-corrected chi connectivity index (χ4v) is 4.14. The van der Waals surface area contributed by atoms with Gasteiger partial charge in [-0.1, -0.05) is 12.2 Å². The molecule has 0 N–H and O–H groups in total. The van der Waals surface area contributed by atoms with Crippen molar-refractivity contribution in [2.75, 3.05) is 12.0 Å². The number of aromatic nitrogens is 1. The largest absolute Gasteiger partial charge is 0.420 e. The minimum atomic E-state index is -0.271. The fraction of sp³-hybridized carbons (Fsp3) is 0.444. The number of nitrogens with zero attached hydrogens (tertiary/aromatic N) is 1. The smallest absolute Gasteiger partial charge is 0.358 e. The minimum Gasteiger partial charge on any atom is -0.420 e. The van der Waals surface area contributed by atoms with E-state index in [4.69, 9.17) is 9.40 Å². The summed E-state index contributed by atoms with van der Waals surface area (Å²) < 4.78 is 5.61. The first kappa shape index (κ1) is 14.1. The van der Waals surface area contributed by atoms with Crippen molar-refractivity contribution in [3.63, 3.8) is 0 Å². The third kappa shape index (κ3) is 2.21. The summed E-state index contributed by atoms with van der Waals surface area (Å²) in [7, 11) is 0. The molecule has 1 aromatic carbocycles. The Morgan fingerprint density at radius 2 is 2.36 bits per heavy atom. The van der Waals surface area contributed by atoms with Crippen LogP contribution in [-0.2, 0) is 19.3 Å². The molecule has 0 fully saturated rings. The zero-order valence-corrected chi connectivity index (χ0v) is 13.5. The lowest BCUT2D eigenvalue weighted by molar-refractivity contribution is 0.539. The molecule has 4 rings (SSSR count). The van der Waals surface area contributed by atoms with Crippen molar-refractivity contribution in [3.8, 4) is 0 Å². The van der Waals surface area contributed by atoms with Gasteiger partial charge in [-0.15, -0.1) is 0 Å². The first-order valence-corrected chi connectivity index (χ1v) is 9.31. The molecule has 114 valence electrons. The van der Waals surface area contributed by atoms with Gasteiger partial charge in [0, 0.05) is 12.3 Å². The van der Waals surface area contributed by atoms with Gasteiger partial charge in [0.25, 0.3) is 0 Å². The van der Waals surface area contributed by atoms with Gasteiger partial charge in [-0.05, 0) is 60.4 Å². The number of hydrogen-bond acceptors (Lipinski definition) is 4. The molecular formula is C18H19NO2S. The van der Waals surface area contributed by atoms with Crippen molar-refractivity contribution in [2.45, 2.75) is 38.0 Å². The Kier molecular flexibility index (Phi) is 3.57. The molecule has 1 aromatic heterocycles. The third-order valence-corrected chi connectivity index (χ3v) is 5.36. The van der Waals surface area contributed by atoms with E-state index in [1.165, 1.54) is 29.5 Å². The normalized spacial score (nSPS) is 19.4. The number of aryl methyl sites for hydroxylation is 2. The summed E-state index contributed by atoms with van der Waals surface area (Å²) in [5.41, 5.74) is 5.97. The molecule has 4 heteroatoms. The second-order valence-electron chi connectivity index (χ2n) is 6.10. The average molecular weight is 313 g/mol. The Bertz CT molecular complexity index is 822. The van der Waals surface area contributed by atoms with Gasteiger partial charge in [0.15, 0.2) is 5.58 Å². The lowest BCUT2D eigenvalue weighted by Crippen LogP contribution is -2.17. The average Bonchev–Trinajstić information content (AvgIpc) is 2.54. The van der Waals surface area contributed by atoms with E-state index in [-0.39, 0.29) is 5.63 Å². The van der Waals surface area contributed by atoms with Gasteiger partial charge < -0.3 is 4.42 Å². The summed E-state index contributed by atoms with van der Waals surface area (Å²) in [6.45, 7) is 0. The van der Waals surface area contributed by atoms with Crippen molar-refractivity contribution in [3.05, 3.63) is 51.0 Å². The monoisotopic (exact) mass is 313 g/mol. The van der Waals surface area contributed by atoms with Crippen LogP contribution in [0.1, 0.15) is 41.1 Å². The predicted octanol–water partition coefficient (Wildman–Crippen LogP) is 3.63. The Morgan fingerprint density at radius 3 is 3.23 bits per heavy atom. The lowest BCUT2D eigenvalue weighted by atomic mass is 9.76. The van der Waals surface area contributed by atoms with E-state index in [2.05, 4.69) is 18.2 Å². The summed E-state index contributed by atoms with van der Waals surface area (Å²) in [6, 6.07) is 2.06. The highest BCUT2D eigenvalue weighted by Crippen LogP contribution is 2.40. The number of benzene rings is 1. The Hall–Kier alpha value is -1.55. The van der Waals surface area contributed by atoms with Crippen molar-refractivity contribution in [1.29, 1.82) is 0 Å². The van der Waals surface area contributed by atoms with Gasteiger partial charge in [-0.3, -0.25) is 0 Å². The van der Waals surface area contributed by atoms with Gasteiger partial charge in [0.05, 0.1) is 0 Å². The van der Waals surface area contributed by atoms with Crippen LogP contribution < -0.4 is 5.63 Å². The van der Waals surface area contributed by atoms with E-state index in [0.717, 1.165) is 24.1 Å². The van der Waals surface area contributed by atoms with Gasteiger partial charge in [-0.25, -0.2) is 9.78 Å². The molecule has 2 aliphatic carbocycles. The fourth-order valence-electron chi connectivity index (χ4n) is 3.75. The summed E-state index contributed by atoms with van der Waals surface area (Å²) in [4.78, 5) is 16.8. The second kappa shape index (κ2) is 5.58. The predicted molar refractivity (Wildman–Crippen MR) is 90.9 cm³/mol. The minimum absolute atomic E-state index is 0.271. The number of fused-ring (bicyclic) bond motifs is 2. The number of rotatable bonds is 3. The summed E-state index contributed by atoms with van der Waals surface area (Å²) in [5, 5.41) is 0. The molecule has 0 radical (unpaired) electrons. The topological polar surface area (TPSA) is 43.1 Å². The molecule has 0 saturated carbocycles. The van der Waals surface area contributed by atoms with Crippen LogP contribution in [0.3, 0.4) is 0 Å². The second-order valence-corrected chi connectivity index (χ2v) is 7.08. The highest BCUT2D eigenvalue weighted by atomic mass is 32.2. The quantitative estimate of drug-likeness (QED) is 0.812.